The van der Waals surface area contributed by atoms with Crippen LogP contribution in [-0.4, -0.2) is 29.5 Å². The maximum absolute atomic E-state index is 9.15. The van der Waals surface area contributed by atoms with Gasteiger partial charge in [0.15, 0.2) is 0 Å². The van der Waals surface area contributed by atoms with Crippen LogP contribution < -0.4 is 5.73 Å². The highest BCUT2D eigenvalue weighted by atomic mass is 16.3. The molecule has 0 aliphatic rings. The standard InChI is InChI=1S/C7H15NO2/c1-6(5-9)7(10)3-2-4-8/h2-3,6-7,9-10H,4-5,8H2,1H3/b3-2+. The number of rotatable bonds is 4. The van der Waals surface area contributed by atoms with Gasteiger partial charge in [0.2, 0.25) is 0 Å². The summed E-state index contributed by atoms with van der Waals surface area (Å²) in [5.74, 6) is -0.109. The predicted molar refractivity (Wildman–Crippen MR) is 40.5 cm³/mol. The summed E-state index contributed by atoms with van der Waals surface area (Å²) in [6.07, 6.45) is 2.70. The summed E-state index contributed by atoms with van der Waals surface area (Å²) in [5.41, 5.74) is 5.16. The van der Waals surface area contributed by atoms with Crippen LogP contribution in [0.5, 0.6) is 0 Å². The van der Waals surface area contributed by atoms with Crippen LogP contribution in [-0.2, 0) is 0 Å². The number of hydrogen-bond acceptors (Lipinski definition) is 3. The summed E-state index contributed by atoms with van der Waals surface area (Å²) in [6.45, 7) is 2.19. The van der Waals surface area contributed by atoms with Crippen LogP contribution in [0.2, 0.25) is 0 Å². The van der Waals surface area contributed by atoms with E-state index in [4.69, 9.17) is 15.9 Å². The Morgan fingerprint density at radius 3 is 2.60 bits per heavy atom. The molecule has 10 heavy (non-hydrogen) atoms. The van der Waals surface area contributed by atoms with Crippen LogP contribution in [0.3, 0.4) is 0 Å². The average Bonchev–Trinajstić information content (AvgIpc) is 1.98. The number of aliphatic hydroxyl groups excluding tert-OH is 2. The zero-order valence-corrected chi connectivity index (χ0v) is 6.20. The molecule has 0 fully saturated rings. The molecule has 3 heteroatoms. The van der Waals surface area contributed by atoms with Gasteiger partial charge in [0, 0.05) is 19.1 Å². The molecule has 2 unspecified atom stereocenters. The van der Waals surface area contributed by atoms with Crippen molar-refractivity contribution in [2.45, 2.75) is 13.0 Å². The molecule has 3 nitrogen and oxygen atoms in total. The van der Waals surface area contributed by atoms with Crippen LogP contribution in [0.15, 0.2) is 12.2 Å². The maximum Gasteiger partial charge on any atom is 0.0768 e. The summed E-state index contributed by atoms with van der Waals surface area (Å²) in [6, 6.07) is 0. The highest BCUT2D eigenvalue weighted by Crippen LogP contribution is 2.01. The molecule has 0 bridgehead atoms. The predicted octanol–water partition coefficient (Wildman–Crippen LogP) is -0.509. The van der Waals surface area contributed by atoms with Gasteiger partial charge in [0.05, 0.1) is 6.10 Å². The van der Waals surface area contributed by atoms with Crippen molar-refractivity contribution in [2.24, 2.45) is 11.7 Å². The molecule has 0 radical (unpaired) electrons. The fourth-order valence-corrected chi connectivity index (χ4v) is 0.516. The van der Waals surface area contributed by atoms with E-state index in [1.54, 1.807) is 19.1 Å². The Labute approximate surface area is 61.2 Å². The fourth-order valence-electron chi connectivity index (χ4n) is 0.516. The Morgan fingerprint density at radius 2 is 2.20 bits per heavy atom. The van der Waals surface area contributed by atoms with E-state index in [0.29, 0.717) is 6.54 Å². The van der Waals surface area contributed by atoms with E-state index in [2.05, 4.69) is 0 Å². The molecule has 2 atom stereocenters. The van der Waals surface area contributed by atoms with Gasteiger partial charge in [0.1, 0.15) is 0 Å². The van der Waals surface area contributed by atoms with Crippen molar-refractivity contribution < 1.29 is 10.2 Å². The second kappa shape index (κ2) is 5.41. The normalized spacial score (nSPS) is 17.6. The summed E-state index contributed by atoms with van der Waals surface area (Å²) < 4.78 is 0. The van der Waals surface area contributed by atoms with Crippen LogP contribution in [0, 0.1) is 5.92 Å². The van der Waals surface area contributed by atoms with Gasteiger partial charge < -0.3 is 15.9 Å². The van der Waals surface area contributed by atoms with Crippen molar-refractivity contribution in [2.75, 3.05) is 13.2 Å². The lowest BCUT2D eigenvalue weighted by Gasteiger charge is -2.11. The lowest BCUT2D eigenvalue weighted by Crippen LogP contribution is -2.18. The molecular weight excluding hydrogens is 130 g/mol. The fraction of sp³-hybridized carbons (Fsp3) is 0.714. The van der Waals surface area contributed by atoms with Crippen LogP contribution in [0.4, 0.5) is 0 Å². The summed E-state index contributed by atoms with van der Waals surface area (Å²) >= 11 is 0. The minimum absolute atomic E-state index is 0.00389. The van der Waals surface area contributed by atoms with Crippen molar-refractivity contribution in [3.63, 3.8) is 0 Å². The molecule has 0 aliphatic carbocycles. The highest BCUT2D eigenvalue weighted by Gasteiger charge is 2.07. The molecule has 60 valence electrons. The van der Waals surface area contributed by atoms with Gasteiger partial charge in [-0.05, 0) is 0 Å². The topological polar surface area (TPSA) is 66.5 Å². The van der Waals surface area contributed by atoms with E-state index in [0.717, 1.165) is 0 Å². The minimum Gasteiger partial charge on any atom is -0.396 e. The molecule has 0 amide bonds. The number of hydrogen-bond donors (Lipinski definition) is 3. The van der Waals surface area contributed by atoms with Crippen molar-refractivity contribution in [1.29, 1.82) is 0 Å². The molecule has 0 aromatic rings. The van der Waals surface area contributed by atoms with Crippen molar-refractivity contribution >= 4 is 0 Å². The highest BCUT2D eigenvalue weighted by molar-refractivity contribution is 4.91. The molecule has 0 saturated carbocycles. The lowest BCUT2D eigenvalue weighted by molar-refractivity contribution is 0.111. The largest absolute Gasteiger partial charge is 0.396 e. The summed E-state index contributed by atoms with van der Waals surface area (Å²) in [7, 11) is 0. The van der Waals surface area contributed by atoms with Gasteiger partial charge >= 0.3 is 0 Å². The van der Waals surface area contributed by atoms with E-state index in [-0.39, 0.29) is 12.5 Å². The second-order valence-corrected chi connectivity index (χ2v) is 2.31. The average molecular weight is 145 g/mol. The first-order valence-corrected chi connectivity index (χ1v) is 3.38. The molecule has 4 N–H and O–H groups in total. The molecule has 0 rings (SSSR count). The van der Waals surface area contributed by atoms with Crippen molar-refractivity contribution in [3.05, 3.63) is 12.2 Å². The Morgan fingerprint density at radius 1 is 1.60 bits per heavy atom. The first-order chi connectivity index (χ1) is 4.72. The van der Waals surface area contributed by atoms with E-state index >= 15 is 0 Å². The number of aliphatic hydroxyl groups is 2. The Bertz CT molecular complexity index is 104. The molecule has 0 heterocycles. The molecule has 0 aliphatic heterocycles. The first kappa shape index (κ1) is 9.62. The SMILES string of the molecule is CC(CO)C(O)/C=C/CN. The minimum atomic E-state index is -0.575. The van der Waals surface area contributed by atoms with E-state index in [1.165, 1.54) is 0 Å². The monoisotopic (exact) mass is 145 g/mol. The molecule has 0 aromatic heterocycles. The van der Waals surface area contributed by atoms with Gasteiger partial charge in [-0.15, -0.1) is 0 Å². The third kappa shape index (κ3) is 3.61. The lowest BCUT2D eigenvalue weighted by atomic mass is 10.1. The van der Waals surface area contributed by atoms with Gasteiger partial charge in [-0.25, -0.2) is 0 Å². The van der Waals surface area contributed by atoms with E-state index in [1.807, 2.05) is 0 Å². The van der Waals surface area contributed by atoms with Gasteiger partial charge in [0.25, 0.3) is 0 Å². The Balaban J connectivity index is 3.60. The van der Waals surface area contributed by atoms with Crippen molar-refractivity contribution in [3.8, 4) is 0 Å². The number of nitrogens with two attached hydrogens (primary N) is 1. The van der Waals surface area contributed by atoms with Crippen LogP contribution >= 0.6 is 0 Å². The van der Waals surface area contributed by atoms with E-state index in [9.17, 15) is 0 Å². The molecule has 0 aromatic carbocycles. The third-order valence-electron chi connectivity index (χ3n) is 1.34. The van der Waals surface area contributed by atoms with Gasteiger partial charge in [-0.2, -0.15) is 0 Å². The van der Waals surface area contributed by atoms with Crippen LogP contribution in [0.1, 0.15) is 6.92 Å². The second-order valence-electron chi connectivity index (χ2n) is 2.31. The Kier molecular flexibility index (Phi) is 5.20. The molecule has 0 spiro atoms. The first-order valence-electron chi connectivity index (χ1n) is 3.38. The molecule has 0 saturated heterocycles. The zero-order chi connectivity index (χ0) is 7.98. The van der Waals surface area contributed by atoms with Gasteiger partial charge in [-0.3, -0.25) is 0 Å². The zero-order valence-electron chi connectivity index (χ0n) is 6.20. The molecular formula is C7H15NO2. The quantitative estimate of drug-likeness (QED) is 0.467. The summed E-state index contributed by atoms with van der Waals surface area (Å²) in [5, 5.41) is 17.7. The smallest absolute Gasteiger partial charge is 0.0768 e. The third-order valence-corrected chi connectivity index (χ3v) is 1.34. The van der Waals surface area contributed by atoms with Gasteiger partial charge in [-0.1, -0.05) is 19.1 Å². The van der Waals surface area contributed by atoms with Crippen LogP contribution in [0.25, 0.3) is 0 Å². The maximum atomic E-state index is 9.15. The summed E-state index contributed by atoms with van der Waals surface area (Å²) in [4.78, 5) is 0. The Hall–Kier alpha value is -0.380. The van der Waals surface area contributed by atoms with Crippen molar-refractivity contribution in [1.82, 2.24) is 0 Å². The van der Waals surface area contributed by atoms with E-state index < -0.39 is 6.10 Å².